The van der Waals surface area contributed by atoms with Gasteiger partial charge >= 0.3 is 0 Å². The van der Waals surface area contributed by atoms with E-state index in [2.05, 4.69) is 0 Å². The second-order valence-corrected chi connectivity index (χ2v) is 22.6. The Bertz CT molecular complexity index is 2030. The molecule has 0 radical (unpaired) electrons. The van der Waals surface area contributed by atoms with Crippen molar-refractivity contribution in [2.75, 3.05) is 52.9 Å². The second kappa shape index (κ2) is 29.4. The molecule has 0 amide bonds. The third kappa shape index (κ3) is 14.0. The highest BCUT2D eigenvalue weighted by atomic mass is 16.8. The van der Waals surface area contributed by atoms with Crippen LogP contribution in [0.4, 0.5) is 0 Å². The predicted molar refractivity (Wildman–Crippen MR) is 260 cm³/mol. The molecule has 0 spiro atoms. The fraction of sp³-hybridized carbons (Fsp3) is 1.00. The molecule has 30 rings (SSSR count). The van der Waals surface area contributed by atoms with Crippen LogP contribution in [0.1, 0.15) is 25.7 Å². The Balaban J connectivity index is 0.951. The van der Waals surface area contributed by atoms with Crippen LogP contribution in [0.5, 0.6) is 0 Å². The topological polar surface area (TPSA) is 563 Å². The van der Waals surface area contributed by atoms with Gasteiger partial charge in [0.15, 0.2) is 44.0 Å². The molecule has 37 atom stereocenters. The molecule has 30 fully saturated rings. The fourth-order valence-electron chi connectivity index (χ4n) is 12.4. The molecule has 29 heterocycles. The zero-order chi connectivity index (χ0) is 61.5. The number of ether oxygens (including phenoxy) is 15. The van der Waals surface area contributed by atoms with Gasteiger partial charge in [-0.3, -0.25) is 0 Å². The Morgan fingerprint density at radius 3 is 0.941 bits per heavy atom. The molecule has 1 saturated carbocycles. The minimum absolute atomic E-state index is 0.0474. The molecule has 36 heteroatoms. The molecule has 21 N–H and O–H groups in total. The van der Waals surface area contributed by atoms with Crippen molar-refractivity contribution < 1.29 is 178 Å². The first-order chi connectivity index (χ1) is 40.6. The molecular formula is C49H82O36. The number of hydrogen-bond acceptors (Lipinski definition) is 36. The Labute approximate surface area is 483 Å². The first kappa shape index (κ1) is 67.9. The minimum atomic E-state index is -2.14. The first-order valence-electron chi connectivity index (χ1n) is 28.2. The largest absolute Gasteiger partial charge is 0.396 e. The van der Waals surface area contributed by atoms with Crippen molar-refractivity contribution in [2.45, 2.75) is 247 Å². The third-order valence-electron chi connectivity index (χ3n) is 17.1. The summed E-state index contributed by atoms with van der Waals surface area (Å²) in [6, 6.07) is 0. The lowest BCUT2D eigenvalue weighted by atomic mass is 9.80. The zero-order valence-corrected chi connectivity index (χ0v) is 45.4. The maximum Gasteiger partial charge on any atom is 0.187 e. The highest BCUT2D eigenvalue weighted by Gasteiger charge is 2.58. The average Bonchev–Trinajstić information content (AvgIpc) is 3.63. The van der Waals surface area contributed by atoms with Gasteiger partial charge in [0.1, 0.15) is 153 Å². The van der Waals surface area contributed by atoms with Gasteiger partial charge in [-0.15, -0.1) is 0 Å². The standard InChI is InChI=1S/C49H82O36/c50-5-13-3-16-26(59)27(60)38(13)82-46-37(70)32(65)44(23(12-57)79-46)85-49-36(69)30(63)42(21(10-55)78-49)81-25-4-14(58)39(18(7-52)72-25)83-47-35(68)29(62)41(20(9-54)77-47)80-24-2-1-15(17(6-51)71-24)74-45-33(66)31(64)43(22(11-56)75-45)84-48-34(67)28(61)40(73-16)19(8-53)76-48/h13-70H,1-12H2. The molecule has 29 saturated heterocycles. The number of hydrogen-bond donors (Lipinski definition) is 21. The summed E-state index contributed by atoms with van der Waals surface area (Å²) in [7, 11) is 0. The summed E-state index contributed by atoms with van der Waals surface area (Å²) in [6.45, 7) is -7.20. The molecule has 0 aromatic heterocycles. The van der Waals surface area contributed by atoms with Gasteiger partial charge in [-0.2, -0.15) is 0 Å². The lowest BCUT2D eigenvalue weighted by Gasteiger charge is -2.50. The molecule has 0 aromatic rings. The van der Waals surface area contributed by atoms with Crippen molar-refractivity contribution in [3.05, 3.63) is 0 Å². The molecule has 37 unspecified atom stereocenters. The highest BCUT2D eigenvalue weighted by molar-refractivity contribution is 5.02. The van der Waals surface area contributed by atoms with E-state index in [1.807, 2.05) is 0 Å². The van der Waals surface area contributed by atoms with Crippen molar-refractivity contribution in [2.24, 2.45) is 5.92 Å². The Morgan fingerprint density at radius 1 is 0.224 bits per heavy atom. The van der Waals surface area contributed by atoms with Gasteiger partial charge in [0, 0.05) is 25.4 Å². The summed E-state index contributed by atoms with van der Waals surface area (Å²) in [6.07, 6.45) is -64.9. The van der Waals surface area contributed by atoms with Crippen LogP contribution in [0, 0.1) is 5.92 Å². The quantitative estimate of drug-likeness (QED) is 0.107. The molecule has 16 bridgehead atoms. The number of aliphatic hydroxyl groups is 21. The van der Waals surface area contributed by atoms with Crippen LogP contribution < -0.4 is 0 Å². The van der Waals surface area contributed by atoms with Gasteiger partial charge in [-0.1, -0.05) is 0 Å². The van der Waals surface area contributed by atoms with Crippen LogP contribution in [0.15, 0.2) is 0 Å². The Hall–Kier alpha value is -1.44. The van der Waals surface area contributed by atoms with Gasteiger partial charge in [-0.05, 0) is 12.8 Å². The highest BCUT2D eigenvalue weighted by Crippen LogP contribution is 2.40. The van der Waals surface area contributed by atoms with Gasteiger partial charge in [0.05, 0.1) is 70.7 Å². The molecule has 1 aliphatic carbocycles. The maximum atomic E-state index is 11.5. The van der Waals surface area contributed by atoms with Gasteiger partial charge < -0.3 is 178 Å². The van der Waals surface area contributed by atoms with Crippen LogP contribution in [0.2, 0.25) is 0 Å². The monoisotopic (exact) mass is 1250 g/mol. The van der Waals surface area contributed by atoms with E-state index < -0.39 is 293 Å². The summed E-state index contributed by atoms with van der Waals surface area (Å²) in [5.41, 5.74) is 0. The van der Waals surface area contributed by atoms with Crippen molar-refractivity contribution in [1.82, 2.24) is 0 Å². The normalized spacial score (nSPS) is 54.2. The number of aliphatic hydroxyl groups excluding tert-OH is 21. The van der Waals surface area contributed by atoms with E-state index in [4.69, 9.17) is 71.1 Å². The lowest BCUT2D eigenvalue weighted by Crippen LogP contribution is -2.67. The SMILES string of the molecule is OCC1CC2OC3C(CO)OC(OC4C(CO)OC(OC5CCC(OC5CO)OC5C(CO)OC(OC6C(O)CC(OC6CO)OC6C(CO)OC(OC7C(CO)OC(OC1C(O)C2O)C(O)C7O)C(O)C6O)C(O)C5O)C(O)C4O)C(O)C3O. The third-order valence-corrected chi connectivity index (χ3v) is 17.1. The number of rotatable bonds is 8. The lowest BCUT2D eigenvalue weighted by molar-refractivity contribution is -0.386. The van der Waals surface area contributed by atoms with Crippen LogP contribution in [-0.2, 0) is 71.1 Å². The van der Waals surface area contributed by atoms with Crippen molar-refractivity contribution in [1.29, 1.82) is 0 Å². The van der Waals surface area contributed by atoms with E-state index >= 15 is 0 Å². The van der Waals surface area contributed by atoms with E-state index in [1.54, 1.807) is 0 Å². The van der Waals surface area contributed by atoms with E-state index in [9.17, 15) is 107 Å². The zero-order valence-electron chi connectivity index (χ0n) is 45.4. The molecule has 36 nitrogen and oxygen atoms in total. The Morgan fingerprint density at radius 2 is 0.541 bits per heavy atom. The Kier molecular flexibility index (Phi) is 23.5. The van der Waals surface area contributed by atoms with Gasteiger partial charge in [0.2, 0.25) is 0 Å². The summed E-state index contributed by atoms with van der Waals surface area (Å²) in [5.74, 6) is -1.22. The van der Waals surface area contributed by atoms with Gasteiger partial charge in [0.25, 0.3) is 0 Å². The van der Waals surface area contributed by atoms with Crippen LogP contribution >= 0.6 is 0 Å². The van der Waals surface area contributed by atoms with Crippen molar-refractivity contribution >= 4 is 0 Å². The van der Waals surface area contributed by atoms with Crippen LogP contribution in [0.25, 0.3) is 0 Å². The summed E-state index contributed by atoms with van der Waals surface area (Å²) >= 11 is 0. The first-order valence-corrected chi connectivity index (χ1v) is 28.2. The molecule has 85 heavy (non-hydrogen) atoms. The fourth-order valence-corrected chi connectivity index (χ4v) is 12.4. The predicted octanol–water partition coefficient (Wildman–Crippen LogP) is -13.7. The molecule has 0 aromatic carbocycles. The molecular weight excluding hydrogens is 1160 g/mol. The summed E-state index contributed by atoms with van der Waals surface area (Å²) in [5, 5.41) is 231. The maximum absolute atomic E-state index is 11.5. The smallest absolute Gasteiger partial charge is 0.187 e. The summed E-state index contributed by atoms with van der Waals surface area (Å²) in [4.78, 5) is 0. The molecule has 29 aliphatic heterocycles. The van der Waals surface area contributed by atoms with E-state index in [1.165, 1.54) is 0 Å². The minimum Gasteiger partial charge on any atom is -0.396 e. The summed E-state index contributed by atoms with van der Waals surface area (Å²) < 4.78 is 87.7. The van der Waals surface area contributed by atoms with E-state index in [-0.39, 0.29) is 12.8 Å². The van der Waals surface area contributed by atoms with Crippen molar-refractivity contribution in [3.8, 4) is 0 Å². The molecule has 494 valence electrons. The second-order valence-electron chi connectivity index (χ2n) is 22.6. The van der Waals surface area contributed by atoms with E-state index in [0.29, 0.717) is 0 Å². The van der Waals surface area contributed by atoms with E-state index in [0.717, 1.165) is 0 Å². The van der Waals surface area contributed by atoms with Crippen LogP contribution in [-0.4, -0.2) is 381 Å². The van der Waals surface area contributed by atoms with Gasteiger partial charge in [-0.25, -0.2) is 0 Å². The average molecular weight is 1250 g/mol. The molecule has 30 aliphatic rings. The van der Waals surface area contributed by atoms with Crippen LogP contribution in [0.3, 0.4) is 0 Å². The van der Waals surface area contributed by atoms with Crippen molar-refractivity contribution in [3.63, 3.8) is 0 Å².